The summed E-state index contributed by atoms with van der Waals surface area (Å²) < 4.78 is 5.25. The molecule has 2 unspecified atom stereocenters. The van der Waals surface area contributed by atoms with Crippen LogP contribution < -0.4 is 5.73 Å². The molecule has 3 heteroatoms. The van der Waals surface area contributed by atoms with Crippen LogP contribution in [0.1, 0.15) is 13.8 Å². The van der Waals surface area contributed by atoms with Gasteiger partial charge < -0.3 is 15.6 Å². The maximum absolute atomic E-state index is 8.76. The lowest BCUT2D eigenvalue weighted by Crippen LogP contribution is -2.30. The molecule has 0 heterocycles. The van der Waals surface area contributed by atoms with E-state index >= 15 is 0 Å². The number of hydrogen-bond donors (Lipinski definition) is 2. The second kappa shape index (κ2) is 5.65. The van der Waals surface area contributed by atoms with Crippen LogP contribution in [-0.2, 0) is 4.74 Å². The van der Waals surface area contributed by atoms with E-state index in [1.54, 1.807) is 0 Å². The third-order valence-electron chi connectivity index (χ3n) is 1.63. The van der Waals surface area contributed by atoms with Crippen LogP contribution in [0.5, 0.6) is 0 Å². The lowest BCUT2D eigenvalue weighted by Gasteiger charge is -2.19. The Hall–Kier alpha value is -0.120. The van der Waals surface area contributed by atoms with Gasteiger partial charge >= 0.3 is 0 Å². The molecular formula is C7H17NO2. The molecule has 0 rings (SSSR count). The van der Waals surface area contributed by atoms with Gasteiger partial charge in [0.1, 0.15) is 0 Å². The van der Waals surface area contributed by atoms with Gasteiger partial charge in [-0.3, -0.25) is 0 Å². The van der Waals surface area contributed by atoms with Crippen molar-refractivity contribution in [3.63, 3.8) is 0 Å². The van der Waals surface area contributed by atoms with Gasteiger partial charge in [0, 0.05) is 19.1 Å². The number of ether oxygens (including phenoxy) is 1. The van der Waals surface area contributed by atoms with Crippen molar-refractivity contribution in [1.29, 1.82) is 0 Å². The normalized spacial score (nSPS) is 16.8. The second-order valence-corrected chi connectivity index (χ2v) is 2.34. The fourth-order valence-electron chi connectivity index (χ4n) is 0.814. The molecule has 0 aromatic carbocycles. The van der Waals surface area contributed by atoms with E-state index in [1.807, 2.05) is 13.8 Å². The molecule has 0 saturated carbocycles. The van der Waals surface area contributed by atoms with Crippen LogP contribution in [0.15, 0.2) is 0 Å². The van der Waals surface area contributed by atoms with Gasteiger partial charge in [-0.15, -0.1) is 0 Å². The van der Waals surface area contributed by atoms with E-state index in [9.17, 15) is 0 Å². The van der Waals surface area contributed by atoms with Gasteiger partial charge in [-0.2, -0.15) is 0 Å². The van der Waals surface area contributed by atoms with Gasteiger partial charge in [0.25, 0.3) is 0 Å². The Bertz CT molecular complexity index is 74.0. The molecule has 62 valence electrons. The fraction of sp³-hybridized carbons (Fsp3) is 1.00. The summed E-state index contributed by atoms with van der Waals surface area (Å²) in [7, 11) is 0. The summed E-state index contributed by atoms with van der Waals surface area (Å²) in [5.74, 6) is 0.0833. The molecule has 0 spiro atoms. The van der Waals surface area contributed by atoms with E-state index in [-0.39, 0.29) is 18.6 Å². The number of nitrogens with two attached hydrogens (primary N) is 1. The molecule has 10 heavy (non-hydrogen) atoms. The number of rotatable bonds is 5. The smallest absolute Gasteiger partial charge is 0.0609 e. The van der Waals surface area contributed by atoms with Crippen LogP contribution >= 0.6 is 0 Å². The van der Waals surface area contributed by atoms with Crippen molar-refractivity contribution in [2.24, 2.45) is 11.7 Å². The van der Waals surface area contributed by atoms with Crippen LogP contribution in [-0.4, -0.2) is 31.0 Å². The maximum atomic E-state index is 8.76. The zero-order valence-corrected chi connectivity index (χ0v) is 6.71. The molecule has 0 bridgehead atoms. The quantitative estimate of drug-likeness (QED) is 0.574. The van der Waals surface area contributed by atoms with Gasteiger partial charge in [0.2, 0.25) is 0 Å². The molecule has 0 aromatic rings. The van der Waals surface area contributed by atoms with E-state index in [1.165, 1.54) is 0 Å². The molecule has 0 amide bonds. The molecule has 0 aliphatic carbocycles. The second-order valence-electron chi connectivity index (χ2n) is 2.34. The lowest BCUT2D eigenvalue weighted by atomic mass is 10.1. The van der Waals surface area contributed by atoms with Gasteiger partial charge in [0.05, 0.1) is 6.10 Å². The minimum Gasteiger partial charge on any atom is -0.396 e. The Morgan fingerprint density at radius 3 is 2.50 bits per heavy atom. The summed E-state index contributed by atoms with van der Waals surface area (Å²) in [6.45, 7) is 5.13. The van der Waals surface area contributed by atoms with Crippen molar-refractivity contribution in [1.82, 2.24) is 0 Å². The third-order valence-corrected chi connectivity index (χ3v) is 1.63. The topological polar surface area (TPSA) is 55.5 Å². The largest absolute Gasteiger partial charge is 0.396 e. The fourth-order valence-corrected chi connectivity index (χ4v) is 0.814. The van der Waals surface area contributed by atoms with Crippen molar-refractivity contribution < 1.29 is 9.84 Å². The molecule has 2 atom stereocenters. The van der Waals surface area contributed by atoms with Gasteiger partial charge in [-0.05, 0) is 20.4 Å². The first kappa shape index (κ1) is 9.88. The van der Waals surface area contributed by atoms with Crippen molar-refractivity contribution in [3.8, 4) is 0 Å². The zero-order valence-electron chi connectivity index (χ0n) is 6.71. The molecule has 0 aromatic heterocycles. The van der Waals surface area contributed by atoms with Crippen molar-refractivity contribution in [2.75, 3.05) is 19.8 Å². The van der Waals surface area contributed by atoms with Gasteiger partial charge in [-0.1, -0.05) is 0 Å². The van der Waals surface area contributed by atoms with E-state index in [2.05, 4.69) is 0 Å². The molecule has 0 saturated heterocycles. The van der Waals surface area contributed by atoms with E-state index in [0.717, 1.165) is 0 Å². The van der Waals surface area contributed by atoms with Crippen molar-refractivity contribution in [3.05, 3.63) is 0 Å². The molecule has 0 aliphatic heterocycles. The average molecular weight is 147 g/mol. The van der Waals surface area contributed by atoms with Crippen LogP contribution in [0, 0.1) is 5.92 Å². The standard InChI is InChI=1S/C7H17NO2/c1-3-10-6(2)7(4-8)5-9/h6-7,9H,3-5,8H2,1-2H3. The van der Waals surface area contributed by atoms with Crippen LogP contribution in [0.25, 0.3) is 0 Å². The maximum Gasteiger partial charge on any atom is 0.0609 e. The Balaban J connectivity index is 3.53. The Labute approximate surface area is 62.2 Å². The predicted molar refractivity (Wildman–Crippen MR) is 40.7 cm³/mol. The van der Waals surface area contributed by atoms with E-state index in [4.69, 9.17) is 15.6 Å². The first-order valence-electron chi connectivity index (χ1n) is 3.68. The number of aliphatic hydroxyl groups is 1. The van der Waals surface area contributed by atoms with E-state index < -0.39 is 0 Å². The molecule has 0 fully saturated rings. The zero-order chi connectivity index (χ0) is 7.98. The summed E-state index contributed by atoms with van der Waals surface area (Å²) >= 11 is 0. The van der Waals surface area contributed by atoms with Crippen LogP contribution in [0.4, 0.5) is 0 Å². The molecule has 0 radical (unpaired) electrons. The SMILES string of the molecule is CCOC(C)C(CN)CO. The van der Waals surface area contributed by atoms with E-state index in [0.29, 0.717) is 13.2 Å². The van der Waals surface area contributed by atoms with Crippen molar-refractivity contribution in [2.45, 2.75) is 20.0 Å². The van der Waals surface area contributed by atoms with Crippen LogP contribution in [0.2, 0.25) is 0 Å². The van der Waals surface area contributed by atoms with Crippen molar-refractivity contribution >= 4 is 0 Å². The molecular weight excluding hydrogens is 130 g/mol. The highest BCUT2D eigenvalue weighted by Crippen LogP contribution is 2.04. The number of hydrogen-bond acceptors (Lipinski definition) is 3. The molecule has 3 nitrogen and oxygen atoms in total. The molecule has 0 aliphatic rings. The minimum atomic E-state index is 0.0694. The summed E-state index contributed by atoms with van der Waals surface area (Å²) in [4.78, 5) is 0. The summed E-state index contributed by atoms with van der Waals surface area (Å²) in [6.07, 6.45) is 0.0694. The Morgan fingerprint density at radius 2 is 2.20 bits per heavy atom. The summed E-state index contributed by atoms with van der Waals surface area (Å²) in [5, 5.41) is 8.76. The highest BCUT2D eigenvalue weighted by atomic mass is 16.5. The number of aliphatic hydroxyl groups excluding tert-OH is 1. The Kier molecular flexibility index (Phi) is 5.58. The third kappa shape index (κ3) is 3.15. The van der Waals surface area contributed by atoms with Gasteiger partial charge in [-0.25, -0.2) is 0 Å². The summed E-state index contributed by atoms with van der Waals surface area (Å²) in [6, 6.07) is 0. The summed E-state index contributed by atoms with van der Waals surface area (Å²) in [5.41, 5.74) is 5.37. The lowest BCUT2D eigenvalue weighted by molar-refractivity contribution is 0.0154. The average Bonchev–Trinajstić information content (AvgIpc) is 1.91. The Morgan fingerprint density at radius 1 is 1.60 bits per heavy atom. The first-order valence-corrected chi connectivity index (χ1v) is 3.68. The first-order chi connectivity index (χ1) is 4.76. The predicted octanol–water partition coefficient (Wildman–Crippen LogP) is -0.0214. The monoisotopic (exact) mass is 147 g/mol. The van der Waals surface area contributed by atoms with Crippen LogP contribution in [0.3, 0.4) is 0 Å². The highest BCUT2D eigenvalue weighted by molar-refractivity contribution is 4.65. The highest BCUT2D eigenvalue weighted by Gasteiger charge is 2.13. The molecule has 3 N–H and O–H groups in total. The van der Waals surface area contributed by atoms with Gasteiger partial charge in [0.15, 0.2) is 0 Å². The minimum absolute atomic E-state index is 0.0694.